The van der Waals surface area contributed by atoms with Crippen LogP contribution in [0.15, 0.2) is 0 Å². The van der Waals surface area contributed by atoms with E-state index in [0.717, 1.165) is 0 Å². The number of amides is 1. The third kappa shape index (κ3) is 7.33. The fourth-order valence-corrected chi connectivity index (χ4v) is 1.69. The van der Waals surface area contributed by atoms with Gasteiger partial charge in [0.05, 0.1) is 19.1 Å². The van der Waals surface area contributed by atoms with Crippen LogP contribution in [0.25, 0.3) is 0 Å². The van der Waals surface area contributed by atoms with E-state index in [1.165, 1.54) is 7.11 Å². The lowest BCUT2D eigenvalue weighted by Crippen LogP contribution is -2.38. The maximum absolute atomic E-state index is 11.6. The van der Waals surface area contributed by atoms with Gasteiger partial charge in [-0.3, -0.25) is 4.79 Å². The van der Waals surface area contributed by atoms with Crippen molar-refractivity contribution in [2.45, 2.75) is 52.7 Å². The van der Waals surface area contributed by atoms with Gasteiger partial charge in [0.15, 0.2) is 0 Å². The van der Waals surface area contributed by atoms with Crippen molar-refractivity contribution < 1.29 is 24.2 Å². The second-order valence-corrected chi connectivity index (χ2v) is 6.08. The summed E-state index contributed by atoms with van der Waals surface area (Å²) in [5.74, 6) is -1.20. The van der Waals surface area contributed by atoms with E-state index in [9.17, 15) is 14.7 Å². The standard InChI is InChI=1S/C14H27NO5/c1-9(2)11(16)10(12(17)19-6)7-8-15-13(18)20-14(3,4)5/h9-11,16H,7-8H2,1-6H3,(H,15,18)/t10?,11-/m1/s1. The number of aliphatic hydroxyl groups excluding tert-OH is 1. The lowest BCUT2D eigenvalue weighted by molar-refractivity contribution is -0.151. The van der Waals surface area contributed by atoms with Crippen molar-refractivity contribution in [1.29, 1.82) is 0 Å². The average Bonchev–Trinajstić information content (AvgIpc) is 2.30. The molecule has 0 radical (unpaired) electrons. The van der Waals surface area contributed by atoms with E-state index in [4.69, 9.17) is 4.74 Å². The molecule has 0 aliphatic carbocycles. The third-order valence-electron chi connectivity index (χ3n) is 2.72. The molecule has 20 heavy (non-hydrogen) atoms. The van der Waals surface area contributed by atoms with Crippen LogP contribution in [0.2, 0.25) is 0 Å². The van der Waals surface area contributed by atoms with Crippen molar-refractivity contribution in [3.8, 4) is 0 Å². The van der Waals surface area contributed by atoms with Crippen LogP contribution in [0.5, 0.6) is 0 Å². The van der Waals surface area contributed by atoms with E-state index in [0.29, 0.717) is 6.42 Å². The second kappa shape index (κ2) is 8.09. The summed E-state index contributed by atoms with van der Waals surface area (Å²) in [6, 6.07) is 0. The first-order valence-corrected chi connectivity index (χ1v) is 6.81. The summed E-state index contributed by atoms with van der Waals surface area (Å²) in [7, 11) is 1.28. The molecule has 0 aliphatic heterocycles. The molecule has 0 aromatic carbocycles. The van der Waals surface area contributed by atoms with Crippen molar-refractivity contribution >= 4 is 12.1 Å². The molecule has 0 aromatic heterocycles. The molecule has 0 aromatic rings. The molecule has 118 valence electrons. The van der Waals surface area contributed by atoms with Gasteiger partial charge in [-0.15, -0.1) is 0 Å². The Labute approximate surface area is 120 Å². The quantitative estimate of drug-likeness (QED) is 0.727. The first-order chi connectivity index (χ1) is 9.08. The van der Waals surface area contributed by atoms with Crippen molar-refractivity contribution in [3.63, 3.8) is 0 Å². The Morgan fingerprint density at radius 1 is 1.25 bits per heavy atom. The molecule has 0 bridgehead atoms. The molecule has 6 nitrogen and oxygen atoms in total. The molecule has 0 aliphatic rings. The highest BCUT2D eigenvalue weighted by molar-refractivity contribution is 5.73. The summed E-state index contributed by atoms with van der Waals surface area (Å²) in [5.41, 5.74) is -0.566. The van der Waals surface area contributed by atoms with E-state index < -0.39 is 29.7 Å². The number of hydrogen-bond donors (Lipinski definition) is 2. The van der Waals surface area contributed by atoms with Crippen molar-refractivity contribution in [2.75, 3.05) is 13.7 Å². The number of alkyl carbamates (subject to hydrolysis) is 1. The van der Waals surface area contributed by atoms with Gasteiger partial charge in [-0.2, -0.15) is 0 Å². The molecule has 6 heteroatoms. The summed E-state index contributed by atoms with van der Waals surface area (Å²) in [6.45, 7) is 9.19. The van der Waals surface area contributed by atoms with Gasteiger partial charge in [0.25, 0.3) is 0 Å². The minimum absolute atomic E-state index is 0.0689. The average molecular weight is 289 g/mol. The lowest BCUT2D eigenvalue weighted by atomic mass is 9.90. The molecular weight excluding hydrogens is 262 g/mol. The molecular formula is C14H27NO5. The van der Waals surface area contributed by atoms with Crippen LogP contribution in [-0.4, -0.2) is 42.5 Å². The van der Waals surface area contributed by atoms with Gasteiger partial charge in [0.2, 0.25) is 0 Å². The molecule has 0 spiro atoms. The zero-order chi connectivity index (χ0) is 15.9. The van der Waals surface area contributed by atoms with Crippen LogP contribution < -0.4 is 5.32 Å². The van der Waals surface area contributed by atoms with Gasteiger partial charge < -0.3 is 19.9 Å². The number of esters is 1. The van der Waals surface area contributed by atoms with Gasteiger partial charge in [-0.25, -0.2) is 4.79 Å². The smallest absolute Gasteiger partial charge is 0.407 e. The van der Waals surface area contributed by atoms with Crippen LogP contribution in [0.4, 0.5) is 4.79 Å². The summed E-state index contributed by atoms with van der Waals surface area (Å²) >= 11 is 0. The Hall–Kier alpha value is -1.30. The second-order valence-electron chi connectivity index (χ2n) is 6.08. The fourth-order valence-electron chi connectivity index (χ4n) is 1.69. The lowest BCUT2D eigenvalue weighted by Gasteiger charge is -2.24. The highest BCUT2D eigenvalue weighted by Gasteiger charge is 2.29. The van der Waals surface area contributed by atoms with Crippen molar-refractivity contribution in [3.05, 3.63) is 0 Å². The molecule has 2 atom stereocenters. The van der Waals surface area contributed by atoms with Crippen LogP contribution >= 0.6 is 0 Å². The van der Waals surface area contributed by atoms with E-state index in [2.05, 4.69) is 10.1 Å². The Bertz CT molecular complexity index is 322. The molecule has 0 heterocycles. The molecule has 0 fully saturated rings. The minimum Gasteiger partial charge on any atom is -0.469 e. The SMILES string of the molecule is COC(=O)C(CCNC(=O)OC(C)(C)C)[C@H](O)C(C)C. The minimum atomic E-state index is -0.803. The third-order valence-corrected chi connectivity index (χ3v) is 2.72. The van der Waals surface area contributed by atoms with Crippen LogP contribution in [0.1, 0.15) is 41.0 Å². The Morgan fingerprint density at radius 2 is 1.80 bits per heavy atom. The zero-order valence-electron chi connectivity index (χ0n) is 13.2. The number of methoxy groups -OCH3 is 1. The fraction of sp³-hybridized carbons (Fsp3) is 0.857. The van der Waals surface area contributed by atoms with Crippen LogP contribution in [0, 0.1) is 11.8 Å². The maximum Gasteiger partial charge on any atom is 0.407 e. The molecule has 2 N–H and O–H groups in total. The number of nitrogens with one attached hydrogen (secondary N) is 1. The molecule has 0 saturated heterocycles. The summed E-state index contributed by atoms with van der Waals surface area (Å²) in [6.07, 6.45) is -1.05. The molecule has 1 unspecified atom stereocenters. The van der Waals surface area contributed by atoms with Crippen molar-refractivity contribution in [2.24, 2.45) is 11.8 Å². The van der Waals surface area contributed by atoms with Gasteiger partial charge in [-0.1, -0.05) is 13.8 Å². The highest BCUT2D eigenvalue weighted by Crippen LogP contribution is 2.17. The Kier molecular flexibility index (Phi) is 7.57. The van der Waals surface area contributed by atoms with E-state index >= 15 is 0 Å². The van der Waals surface area contributed by atoms with Gasteiger partial charge in [0, 0.05) is 6.54 Å². The van der Waals surface area contributed by atoms with E-state index in [1.807, 2.05) is 13.8 Å². The number of aliphatic hydroxyl groups is 1. The number of carbonyl (C=O) groups excluding carboxylic acids is 2. The first-order valence-electron chi connectivity index (χ1n) is 6.81. The number of rotatable bonds is 6. The normalized spacial score (nSPS) is 14.6. The highest BCUT2D eigenvalue weighted by atomic mass is 16.6. The summed E-state index contributed by atoms with van der Waals surface area (Å²) < 4.78 is 9.76. The Balaban J connectivity index is 4.35. The summed E-state index contributed by atoms with van der Waals surface area (Å²) in [5, 5.41) is 12.6. The first kappa shape index (κ1) is 18.7. The maximum atomic E-state index is 11.6. The largest absolute Gasteiger partial charge is 0.469 e. The van der Waals surface area contributed by atoms with Crippen molar-refractivity contribution in [1.82, 2.24) is 5.32 Å². The molecule has 0 saturated carbocycles. The number of carbonyl (C=O) groups is 2. The number of ether oxygens (including phenoxy) is 2. The number of hydrogen-bond acceptors (Lipinski definition) is 5. The predicted molar refractivity (Wildman–Crippen MR) is 75.2 cm³/mol. The summed E-state index contributed by atoms with van der Waals surface area (Å²) in [4.78, 5) is 23.1. The Morgan fingerprint density at radius 3 is 2.20 bits per heavy atom. The van der Waals surface area contributed by atoms with Crippen LogP contribution in [0.3, 0.4) is 0 Å². The molecule has 1 amide bonds. The van der Waals surface area contributed by atoms with E-state index in [1.54, 1.807) is 20.8 Å². The molecule has 0 rings (SSSR count). The topological polar surface area (TPSA) is 84.9 Å². The van der Waals surface area contributed by atoms with Gasteiger partial charge in [-0.05, 0) is 33.1 Å². The zero-order valence-corrected chi connectivity index (χ0v) is 13.2. The predicted octanol–water partition coefficient (Wildman–Crippen LogP) is 1.71. The van der Waals surface area contributed by atoms with E-state index in [-0.39, 0.29) is 12.5 Å². The monoisotopic (exact) mass is 289 g/mol. The van der Waals surface area contributed by atoms with Gasteiger partial charge >= 0.3 is 12.1 Å². The van der Waals surface area contributed by atoms with Gasteiger partial charge in [0.1, 0.15) is 5.60 Å². The van der Waals surface area contributed by atoms with Crippen LogP contribution in [-0.2, 0) is 14.3 Å².